The van der Waals surface area contributed by atoms with Gasteiger partial charge in [0, 0.05) is 40.9 Å². The van der Waals surface area contributed by atoms with Gasteiger partial charge in [-0.1, -0.05) is 62.7 Å². The van der Waals surface area contributed by atoms with Crippen molar-refractivity contribution in [3.8, 4) is 23.1 Å². The van der Waals surface area contributed by atoms with E-state index in [0.717, 1.165) is 27.7 Å². The van der Waals surface area contributed by atoms with E-state index >= 15 is 0 Å². The highest BCUT2D eigenvalue weighted by molar-refractivity contribution is 7.92. The number of fused-ring (bicyclic) bond motifs is 1. The van der Waals surface area contributed by atoms with Gasteiger partial charge in [0.1, 0.15) is 23.1 Å². The molecule has 52 heavy (non-hydrogen) atoms. The molecule has 0 atom stereocenters. The van der Waals surface area contributed by atoms with Crippen LogP contribution in [-0.2, 0) is 21.7 Å². The number of hydrogen-bond acceptors (Lipinski definition) is 8. The van der Waals surface area contributed by atoms with Crippen molar-refractivity contribution in [1.82, 2.24) is 19.7 Å². The molecule has 0 spiro atoms. The van der Waals surface area contributed by atoms with E-state index in [2.05, 4.69) is 41.4 Å². The standard InChI is InChI=1S/C40H40N6O5S/c1-25-10-12-27(13-11-25)46-37(24-35(45-46)40(2,3)4)44-39(47)42-33-16-17-34(32-9-7-6-8-31(32)33)51-38-18-19-41-36(43-38)22-26-20-28(50-5)23-30(21-26)52(48,49)29-14-15-29/h6-13,16-21,23-24,29H,14-15,22H2,1-5H3,(H2,42,44,47). The lowest BCUT2D eigenvalue weighted by Crippen LogP contribution is -2.21. The average Bonchev–Trinajstić information content (AvgIpc) is 3.90. The molecule has 0 unspecified atom stereocenters. The minimum absolute atomic E-state index is 0.226. The summed E-state index contributed by atoms with van der Waals surface area (Å²) in [4.78, 5) is 22.8. The van der Waals surface area contributed by atoms with Crippen molar-refractivity contribution >= 4 is 38.1 Å². The Morgan fingerprint density at radius 1 is 0.923 bits per heavy atom. The van der Waals surface area contributed by atoms with Crippen molar-refractivity contribution < 1.29 is 22.7 Å². The van der Waals surface area contributed by atoms with Crippen molar-refractivity contribution in [3.63, 3.8) is 0 Å². The number of rotatable bonds is 10. The summed E-state index contributed by atoms with van der Waals surface area (Å²) >= 11 is 0. The van der Waals surface area contributed by atoms with Crippen LogP contribution in [0.1, 0.15) is 56.3 Å². The first kappa shape index (κ1) is 34.7. The number of nitrogens with one attached hydrogen (secondary N) is 2. The van der Waals surface area contributed by atoms with Gasteiger partial charge in [-0.05, 0) is 67.8 Å². The Labute approximate surface area is 303 Å². The van der Waals surface area contributed by atoms with E-state index in [-0.39, 0.29) is 22.0 Å². The number of anilines is 2. The molecule has 4 aromatic carbocycles. The lowest BCUT2D eigenvalue weighted by molar-refractivity contribution is 0.262. The van der Waals surface area contributed by atoms with Crippen LogP contribution in [0.5, 0.6) is 17.4 Å². The molecule has 11 nitrogen and oxygen atoms in total. The number of methoxy groups -OCH3 is 1. The molecule has 2 amide bonds. The molecule has 6 aromatic rings. The number of sulfone groups is 1. The zero-order chi connectivity index (χ0) is 36.6. The van der Waals surface area contributed by atoms with E-state index in [9.17, 15) is 13.2 Å². The average molecular weight is 717 g/mol. The third kappa shape index (κ3) is 7.47. The number of urea groups is 1. The molecule has 1 aliphatic carbocycles. The van der Waals surface area contributed by atoms with Crippen LogP contribution in [0.25, 0.3) is 16.5 Å². The van der Waals surface area contributed by atoms with Crippen LogP contribution in [0.15, 0.2) is 102 Å². The molecule has 2 heterocycles. The number of amides is 2. The number of nitrogens with zero attached hydrogens (tertiary/aromatic N) is 4. The third-order valence-electron chi connectivity index (χ3n) is 8.85. The van der Waals surface area contributed by atoms with Gasteiger partial charge in [0.2, 0.25) is 5.88 Å². The first-order valence-corrected chi connectivity index (χ1v) is 18.6. The summed E-state index contributed by atoms with van der Waals surface area (Å²) in [7, 11) is -1.90. The highest BCUT2D eigenvalue weighted by Crippen LogP contribution is 2.36. The quantitative estimate of drug-likeness (QED) is 0.144. The minimum atomic E-state index is -3.41. The molecule has 0 bridgehead atoms. The van der Waals surface area contributed by atoms with Gasteiger partial charge in [-0.2, -0.15) is 10.1 Å². The monoisotopic (exact) mass is 716 g/mol. The maximum Gasteiger partial charge on any atom is 0.324 e. The molecule has 7 rings (SSSR count). The topological polar surface area (TPSA) is 137 Å². The van der Waals surface area contributed by atoms with Gasteiger partial charge in [0.05, 0.1) is 34.3 Å². The van der Waals surface area contributed by atoms with Crippen molar-refractivity contribution in [1.29, 1.82) is 0 Å². The van der Waals surface area contributed by atoms with Crippen molar-refractivity contribution in [3.05, 3.63) is 120 Å². The Hall–Kier alpha value is -5.75. The van der Waals surface area contributed by atoms with E-state index in [1.165, 1.54) is 7.11 Å². The lowest BCUT2D eigenvalue weighted by atomic mass is 9.92. The van der Waals surface area contributed by atoms with Gasteiger partial charge in [0.25, 0.3) is 0 Å². The summed E-state index contributed by atoms with van der Waals surface area (Å²) in [6.07, 6.45) is 3.24. The summed E-state index contributed by atoms with van der Waals surface area (Å²) < 4.78 is 39.4. The Bertz CT molecular complexity index is 2400. The van der Waals surface area contributed by atoms with Crippen LogP contribution in [0, 0.1) is 6.92 Å². The smallest absolute Gasteiger partial charge is 0.324 e. The van der Waals surface area contributed by atoms with E-state index in [4.69, 9.17) is 14.6 Å². The molecule has 1 fully saturated rings. The fraction of sp³-hybridized carbons (Fsp3) is 0.250. The van der Waals surface area contributed by atoms with E-state index in [1.807, 2.05) is 61.5 Å². The zero-order valence-corrected chi connectivity index (χ0v) is 30.5. The molecule has 0 radical (unpaired) electrons. The lowest BCUT2D eigenvalue weighted by Gasteiger charge is -2.14. The second kappa shape index (κ2) is 13.8. The summed E-state index contributed by atoms with van der Waals surface area (Å²) in [5.41, 5.74) is 3.90. The number of ether oxygens (including phenoxy) is 2. The number of carbonyl (C=O) groups is 1. The molecule has 2 aromatic heterocycles. The van der Waals surface area contributed by atoms with Crippen LogP contribution in [0.3, 0.4) is 0 Å². The maximum atomic E-state index is 13.5. The molecule has 0 aliphatic heterocycles. The molecule has 0 saturated heterocycles. The second-order valence-corrected chi connectivity index (χ2v) is 16.2. The molecular formula is C40H40N6O5S. The zero-order valence-electron chi connectivity index (χ0n) is 29.7. The summed E-state index contributed by atoms with van der Waals surface area (Å²) in [5, 5.41) is 12.0. The largest absolute Gasteiger partial charge is 0.497 e. The Morgan fingerprint density at radius 2 is 1.67 bits per heavy atom. The number of aryl methyl sites for hydroxylation is 1. The Kier molecular flexibility index (Phi) is 9.18. The van der Waals surface area contributed by atoms with Crippen LogP contribution >= 0.6 is 0 Å². The third-order valence-corrected chi connectivity index (χ3v) is 11.1. The van der Waals surface area contributed by atoms with Crippen LogP contribution in [0.4, 0.5) is 16.3 Å². The van der Waals surface area contributed by atoms with Gasteiger partial charge in [-0.25, -0.2) is 22.9 Å². The van der Waals surface area contributed by atoms with Gasteiger partial charge >= 0.3 is 6.03 Å². The van der Waals surface area contributed by atoms with Gasteiger partial charge in [-0.3, -0.25) is 5.32 Å². The highest BCUT2D eigenvalue weighted by atomic mass is 32.2. The van der Waals surface area contributed by atoms with E-state index < -0.39 is 15.9 Å². The Morgan fingerprint density at radius 3 is 2.38 bits per heavy atom. The number of hydrogen-bond donors (Lipinski definition) is 2. The molecule has 2 N–H and O–H groups in total. The second-order valence-electron chi connectivity index (χ2n) is 14.0. The molecular weight excluding hydrogens is 677 g/mol. The first-order valence-electron chi connectivity index (χ1n) is 17.1. The predicted octanol–water partition coefficient (Wildman–Crippen LogP) is 8.39. The molecule has 12 heteroatoms. The molecule has 1 saturated carbocycles. The number of benzene rings is 4. The van der Waals surface area contributed by atoms with Crippen LogP contribution in [0.2, 0.25) is 0 Å². The van der Waals surface area contributed by atoms with Crippen LogP contribution < -0.4 is 20.1 Å². The normalized spacial score (nSPS) is 13.2. The van der Waals surface area contributed by atoms with E-state index in [1.54, 1.807) is 47.3 Å². The highest BCUT2D eigenvalue weighted by Gasteiger charge is 2.37. The van der Waals surface area contributed by atoms with Crippen molar-refractivity contribution in [2.75, 3.05) is 17.7 Å². The van der Waals surface area contributed by atoms with E-state index in [0.29, 0.717) is 53.1 Å². The summed E-state index contributed by atoms with van der Waals surface area (Å²) in [6.45, 7) is 8.27. The molecule has 1 aliphatic rings. The number of aromatic nitrogens is 4. The summed E-state index contributed by atoms with van der Waals surface area (Å²) in [5.74, 6) is 2.33. The van der Waals surface area contributed by atoms with Gasteiger partial charge in [-0.15, -0.1) is 0 Å². The maximum absolute atomic E-state index is 13.5. The first-order chi connectivity index (χ1) is 24.9. The summed E-state index contributed by atoms with van der Waals surface area (Å²) in [6, 6.07) is 27.3. The Balaban J connectivity index is 1.11. The fourth-order valence-electron chi connectivity index (χ4n) is 5.86. The minimum Gasteiger partial charge on any atom is -0.497 e. The predicted molar refractivity (Wildman–Crippen MR) is 202 cm³/mol. The number of carbonyl (C=O) groups excluding carboxylic acids is 1. The fourth-order valence-corrected chi connectivity index (χ4v) is 7.60. The van der Waals surface area contributed by atoms with Gasteiger partial charge < -0.3 is 14.8 Å². The van der Waals surface area contributed by atoms with Crippen molar-refractivity contribution in [2.24, 2.45) is 0 Å². The van der Waals surface area contributed by atoms with Gasteiger partial charge in [0.15, 0.2) is 9.84 Å². The molecule has 266 valence electrons. The SMILES string of the molecule is COc1cc(Cc2nccc(Oc3ccc(NC(=O)Nc4cc(C(C)(C)C)nn4-c4ccc(C)cc4)c4ccccc34)n2)cc(S(=O)(=O)C2CC2)c1. The van der Waals surface area contributed by atoms with Crippen molar-refractivity contribution in [2.45, 2.75) is 62.5 Å². The van der Waals surface area contributed by atoms with Crippen LogP contribution in [-0.4, -0.2) is 46.6 Å².